The fourth-order valence-electron chi connectivity index (χ4n) is 2.90. The third-order valence-corrected chi connectivity index (χ3v) is 4.02. The van der Waals surface area contributed by atoms with Crippen LogP contribution in [0.4, 0.5) is 0 Å². The van der Waals surface area contributed by atoms with Crippen LogP contribution in [0.5, 0.6) is 0 Å². The summed E-state index contributed by atoms with van der Waals surface area (Å²) >= 11 is 0. The molecule has 6 N–H and O–H groups in total. The number of hydrogen-bond donors (Lipinski definition) is 3. The van der Waals surface area contributed by atoms with Gasteiger partial charge in [-0.05, 0) is 43.9 Å². The summed E-state index contributed by atoms with van der Waals surface area (Å²) in [6.45, 7) is 0.785. The first-order chi connectivity index (χ1) is 7.66. The topological polar surface area (TPSA) is 87.3 Å². The van der Waals surface area contributed by atoms with E-state index in [1.807, 2.05) is 0 Å². The minimum atomic E-state index is 0.351. The summed E-state index contributed by atoms with van der Waals surface area (Å²) in [6.07, 6.45) is 6.91. The highest BCUT2D eigenvalue weighted by atomic mass is 16.5. The summed E-state index contributed by atoms with van der Waals surface area (Å²) in [4.78, 5) is 0. The highest BCUT2D eigenvalue weighted by Gasteiger charge is 2.29. The van der Waals surface area contributed by atoms with Crippen molar-refractivity contribution >= 4 is 0 Å². The number of ether oxygens (including phenoxy) is 1. The minimum Gasteiger partial charge on any atom is -0.494 e. The Kier molecular flexibility index (Phi) is 3.59. The largest absolute Gasteiger partial charge is 0.494 e. The summed E-state index contributed by atoms with van der Waals surface area (Å²) in [5.74, 6) is 2.61. The van der Waals surface area contributed by atoms with Crippen LogP contribution in [0.2, 0.25) is 0 Å². The molecule has 2 fully saturated rings. The Bertz CT molecular complexity index is 255. The van der Waals surface area contributed by atoms with Crippen LogP contribution in [0.3, 0.4) is 0 Å². The van der Waals surface area contributed by atoms with Crippen LogP contribution in [-0.4, -0.2) is 12.6 Å². The maximum Gasteiger partial charge on any atom is 0.135 e. The molecule has 2 rings (SSSR count). The second-order valence-electron chi connectivity index (χ2n) is 5.16. The van der Waals surface area contributed by atoms with Crippen molar-refractivity contribution in [3.8, 4) is 0 Å². The maximum absolute atomic E-state index is 5.92. The quantitative estimate of drug-likeness (QED) is 0.621. The van der Waals surface area contributed by atoms with E-state index in [-0.39, 0.29) is 0 Å². The van der Waals surface area contributed by atoms with Gasteiger partial charge in [0.1, 0.15) is 11.6 Å². The molecule has 0 aromatic rings. The molecule has 0 bridgehead atoms. The van der Waals surface area contributed by atoms with Gasteiger partial charge >= 0.3 is 0 Å². The summed E-state index contributed by atoms with van der Waals surface area (Å²) in [5, 5.41) is 0. The molecule has 16 heavy (non-hydrogen) atoms. The highest BCUT2D eigenvalue weighted by Crippen LogP contribution is 2.35. The Labute approximate surface area is 97.2 Å². The second-order valence-corrected chi connectivity index (χ2v) is 5.16. The van der Waals surface area contributed by atoms with Crippen molar-refractivity contribution in [3.63, 3.8) is 0 Å². The Hall–Kier alpha value is -0.900. The Balaban J connectivity index is 1.83. The SMILES string of the molecule is NC(N)=C1CCC(C2CCC(N)CC2)CO1. The number of rotatable bonds is 1. The lowest BCUT2D eigenvalue weighted by Crippen LogP contribution is -2.33. The van der Waals surface area contributed by atoms with Crippen LogP contribution in [0.15, 0.2) is 11.6 Å². The van der Waals surface area contributed by atoms with Crippen LogP contribution in [0.25, 0.3) is 0 Å². The van der Waals surface area contributed by atoms with Gasteiger partial charge in [0.25, 0.3) is 0 Å². The molecule has 1 atom stereocenters. The van der Waals surface area contributed by atoms with Crippen LogP contribution < -0.4 is 17.2 Å². The molecule has 0 radical (unpaired) electrons. The average molecular weight is 225 g/mol. The lowest BCUT2D eigenvalue weighted by atomic mass is 9.76. The van der Waals surface area contributed by atoms with Crippen molar-refractivity contribution in [2.24, 2.45) is 29.0 Å². The van der Waals surface area contributed by atoms with Gasteiger partial charge in [-0.25, -0.2) is 0 Å². The molecule has 1 aliphatic heterocycles. The minimum absolute atomic E-state index is 0.351. The molecule has 4 nitrogen and oxygen atoms in total. The molecule has 92 valence electrons. The Morgan fingerprint density at radius 1 is 1.00 bits per heavy atom. The zero-order valence-electron chi connectivity index (χ0n) is 9.82. The molecule has 0 amide bonds. The molecule has 0 aromatic carbocycles. The van der Waals surface area contributed by atoms with Crippen molar-refractivity contribution < 1.29 is 4.74 Å². The van der Waals surface area contributed by atoms with E-state index in [1.54, 1.807) is 0 Å². The van der Waals surface area contributed by atoms with Gasteiger partial charge in [-0.3, -0.25) is 0 Å². The zero-order chi connectivity index (χ0) is 11.5. The van der Waals surface area contributed by atoms with Crippen molar-refractivity contribution in [3.05, 3.63) is 11.6 Å². The molecule has 4 heteroatoms. The Morgan fingerprint density at radius 2 is 1.69 bits per heavy atom. The van der Waals surface area contributed by atoms with Gasteiger partial charge in [0, 0.05) is 12.5 Å². The molecular formula is C12H23N3O. The summed E-state index contributed by atoms with van der Waals surface area (Å²) in [6, 6.07) is 0.427. The number of nitrogens with two attached hydrogens (primary N) is 3. The molecule has 0 aromatic heterocycles. The normalized spacial score (nSPS) is 35.6. The van der Waals surface area contributed by atoms with E-state index in [0.717, 1.165) is 31.1 Å². The molecular weight excluding hydrogens is 202 g/mol. The van der Waals surface area contributed by atoms with Crippen molar-refractivity contribution in [2.45, 2.75) is 44.6 Å². The fourth-order valence-corrected chi connectivity index (χ4v) is 2.90. The standard InChI is InChI=1S/C12H23N3O/c13-10-4-1-8(2-5-10)9-3-6-11(12(14)15)16-7-9/h8-10H,1-7,13-15H2. The summed E-state index contributed by atoms with van der Waals surface area (Å²) < 4.78 is 5.63. The molecule has 1 unspecified atom stereocenters. The van der Waals surface area contributed by atoms with Crippen molar-refractivity contribution in [1.29, 1.82) is 0 Å². The van der Waals surface area contributed by atoms with E-state index in [0.29, 0.717) is 17.8 Å². The molecule has 1 aliphatic carbocycles. The van der Waals surface area contributed by atoms with E-state index >= 15 is 0 Å². The van der Waals surface area contributed by atoms with Crippen LogP contribution in [0.1, 0.15) is 38.5 Å². The van der Waals surface area contributed by atoms with Gasteiger partial charge in [0.2, 0.25) is 0 Å². The van der Waals surface area contributed by atoms with Gasteiger partial charge in [-0.15, -0.1) is 0 Å². The van der Waals surface area contributed by atoms with E-state index < -0.39 is 0 Å². The lowest BCUT2D eigenvalue weighted by Gasteiger charge is -2.35. The van der Waals surface area contributed by atoms with E-state index in [4.69, 9.17) is 21.9 Å². The highest BCUT2D eigenvalue weighted by molar-refractivity contribution is 5.02. The zero-order valence-corrected chi connectivity index (χ0v) is 9.82. The van der Waals surface area contributed by atoms with Gasteiger partial charge in [0.15, 0.2) is 0 Å². The molecule has 1 saturated carbocycles. The Morgan fingerprint density at radius 3 is 2.19 bits per heavy atom. The van der Waals surface area contributed by atoms with Crippen molar-refractivity contribution in [1.82, 2.24) is 0 Å². The summed E-state index contributed by atoms with van der Waals surface area (Å²) in [7, 11) is 0. The fraction of sp³-hybridized carbons (Fsp3) is 0.833. The summed E-state index contributed by atoms with van der Waals surface area (Å²) in [5.41, 5.74) is 17.0. The lowest BCUT2D eigenvalue weighted by molar-refractivity contribution is 0.0648. The van der Waals surface area contributed by atoms with E-state index in [2.05, 4.69) is 0 Å². The molecule has 0 spiro atoms. The smallest absolute Gasteiger partial charge is 0.135 e. The molecule has 1 saturated heterocycles. The average Bonchev–Trinajstić information content (AvgIpc) is 2.30. The predicted octanol–water partition coefficient (Wildman–Crippen LogP) is 1.02. The van der Waals surface area contributed by atoms with Crippen LogP contribution in [-0.2, 0) is 4.74 Å². The monoisotopic (exact) mass is 225 g/mol. The first-order valence-corrected chi connectivity index (χ1v) is 6.29. The molecule has 1 heterocycles. The first-order valence-electron chi connectivity index (χ1n) is 6.29. The van der Waals surface area contributed by atoms with Gasteiger partial charge < -0.3 is 21.9 Å². The van der Waals surface area contributed by atoms with Gasteiger partial charge in [-0.1, -0.05) is 0 Å². The van der Waals surface area contributed by atoms with Crippen LogP contribution in [0, 0.1) is 11.8 Å². The van der Waals surface area contributed by atoms with Crippen LogP contribution >= 0.6 is 0 Å². The second kappa shape index (κ2) is 4.95. The van der Waals surface area contributed by atoms with Gasteiger partial charge in [-0.2, -0.15) is 0 Å². The third-order valence-electron chi connectivity index (χ3n) is 4.02. The molecule has 2 aliphatic rings. The predicted molar refractivity (Wildman–Crippen MR) is 64.0 cm³/mol. The van der Waals surface area contributed by atoms with Gasteiger partial charge in [0.05, 0.1) is 6.61 Å². The number of hydrogen-bond acceptors (Lipinski definition) is 4. The number of allylic oxidation sites excluding steroid dienone is 1. The van der Waals surface area contributed by atoms with E-state index in [9.17, 15) is 0 Å². The first kappa shape index (κ1) is 11.6. The van der Waals surface area contributed by atoms with E-state index in [1.165, 1.54) is 25.7 Å². The maximum atomic E-state index is 5.92. The van der Waals surface area contributed by atoms with Crippen molar-refractivity contribution in [2.75, 3.05) is 6.61 Å². The third kappa shape index (κ3) is 2.61.